The van der Waals surface area contributed by atoms with Crippen molar-refractivity contribution in [2.75, 3.05) is 25.4 Å². The molecule has 4 aliphatic rings. The zero-order valence-electron chi connectivity index (χ0n) is 33.7. The van der Waals surface area contributed by atoms with E-state index >= 15 is 4.39 Å². The van der Waals surface area contributed by atoms with Crippen LogP contribution in [0.2, 0.25) is 5.02 Å². The maximum absolute atomic E-state index is 17.7. The molecular weight excluding hydrogens is 779 g/mol. The molecule has 0 N–H and O–H groups in total. The molecule has 3 aromatic heterocycles. The Morgan fingerprint density at radius 1 is 1.16 bits per heavy atom. The van der Waals surface area contributed by atoms with Gasteiger partial charge in [0.15, 0.2) is 11.6 Å². The second-order valence-electron chi connectivity index (χ2n) is 16.8. The lowest BCUT2D eigenvalue weighted by Crippen LogP contribution is -2.45. The Bertz CT molecular complexity index is 2440. The molecule has 3 saturated heterocycles. The Morgan fingerprint density at radius 3 is 2.69 bits per heavy atom. The van der Waals surface area contributed by atoms with E-state index in [-0.39, 0.29) is 54.6 Å². The smallest absolute Gasteiger partial charge is 0.410 e. The average Bonchev–Trinajstić information content (AvgIpc) is 4.01. The summed E-state index contributed by atoms with van der Waals surface area (Å²) in [7, 11) is 0. The predicted octanol–water partition coefficient (Wildman–Crippen LogP) is 9.59. The summed E-state index contributed by atoms with van der Waals surface area (Å²) in [4.78, 5) is 40.4. The Morgan fingerprint density at radius 2 is 1.97 bits per heavy atom. The molecule has 1 aliphatic carbocycles. The Hall–Kier alpha value is -4.87. The molecule has 15 heteroatoms. The van der Waals surface area contributed by atoms with Crippen LogP contribution in [0.4, 0.5) is 14.0 Å². The van der Waals surface area contributed by atoms with E-state index in [1.807, 2.05) is 50.8 Å². The van der Waals surface area contributed by atoms with E-state index in [0.29, 0.717) is 80.9 Å². The molecule has 2 bridgehead atoms. The van der Waals surface area contributed by atoms with Gasteiger partial charge in [0, 0.05) is 58.8 Å². The number of carbonyl (C=O) groups is 2. The van der Waals surface area contributed by atoms with Crippen molar-refractivity contribution in [1.82, 2.24) is 34.1 Å². The number of rotatable bonds is 10. The molecule has 5 aromatic rings. The standard InChI is InChI=1S/C43H48ClFN8O4S/c1-24(2)58-17-16-56-41(54)50-15-9-13-31(50)32-20-30-39(53(32)38-27-19-33(38)51(21-27)42(55)57-43(4,5)6)29-18-26(11-8-14-46)34(28-12-7-10-25(3)35(28)44)36(45)37(29)49-40(30)52-23-47-22-48-52/h7,10,12,18,20,22-24,27,31,33,38H,8-9,11,13,15-17,19,21H2,1-6H3/t27-,31-,33-,38+/m1/s1. The highest BCUT2D eigenvalue weighted by Gasteiger charge is 2.57. The second kappa shape index (κ2) is 15.7. The molecule has 2 aromatic carbocycles. The topological polar surface area (TPSA) is 131 Å². The van der Waals surface area contributed by atoms with Gasteiger partial charge in [-0.25, -0.2) is 28.6 Å². The number of fused-ring (bicyclic) bond motifs is 4. The van der Waals surface area contributed by atoms with Crippen LogP contribution in [0, 0.1) is 30.0 Å². The molecule has 58 heavy (non-hydrogen) atoms. The molecule has 0 spiro atoms. The largest absolute Gasteiger partial charge is 0.449 e. The van der Waals surface area contributed by atoms with E-state index < -0.39 is 11.4 Å². The quantitative estimate of drug-likeness (QED) is 0.126. The number of hydrogen-bond acceptors (Lipinski definition) is 9. The number of carbonyl (C=O) groups excluding carboxylic acids is 2. The monoisotopic (exact) mass is 826 g/mol. The number of benzene rings is 2. The van der Waals surface area contributed by atoms with Crippen LogP contribution in [0.15, 0.2) is 43.0 Å². The summed E-state index contributed by atoms with van der Waals surface area (Å²) in [5, 5.41) is 16.3. The van der Waals surface area contributed by atoms with Crippen LogP contribution in [0.1, 0.15) is 89.2 Å². The number of pyridine rings is 1. The summed E-state index contributed by atoms with van der Waals surface area (Å²) in [5.74, 6) is 0.585. The fourth-order valence-corrected chi connectivity index (χ4v) is 9.89. The van der Waals surface area contributed by atoms with Gasteiger partial charge in [0.25, 0.3) is 0 Å². The number of thioether (sulfide) groups is 1. The van der Waals surface area contributed by atoms with Crippen molar-refractivity contribution in [3.05, 3.63) is 70.6 Å². The van der Waals surface area contributed by atoms with Crippen LogP contribution in [-0.4, -0.2) is 88.6 Å². The lowest BCUT2D eigenvalue weighted by molar-refractivity contribution is 0.0208. The summed E-state index contributed by atoms with van der Waals surface area (Å²) in [6, 6.07) is 11.0. The van der Waals surface area contributed by atoms with Gasteiger partial charge < -0.3 is 18.9 Å². The second-order valence-corrected chi connectivity index (χ2v) is 18.8. The van der Waals surface area contributed by atoms with Crippen molar-refractivity contribution >= 4 is 57.4 Å². The lowest BCUT2D eigenvalue weighted by Gasteiger charge is -2.40. The first-order chi connectivity index (χ1) is 27.8. The van der Waals surface area contributed by atoms with Crippen molar-refractivity contribution in [1.29, 1.82) is 5.26 Å². The number of aryl methyl sites for hydroxylation is 2. The fourth-order valence-electron chi connectivity index (χ4n) is 9.02. The zero-order chi connectivity index (χ0) is 41.0. The van der Waals surface area contributed by atoms with Crippen molar-refractivity contribution in [2.45, 2.75) is 103 Å². The third-order valence-electron chi connectivity index (χ3n) is 11.5. The van der Waals surface area contributed by atoms with Crippen LogP contribution in [-0.2, 0) is 15.9 Å². The highest BCUT2D eigenvalue weighted by Crippen LogP contribution is 2.54. The maximum atomic E-state index is 17.7. The van der Waals surface area contributed by atoms with E-state index in [0.717, 1.165) is 24.1 Å². The van der Waals surface area contributed by atoms with Crippen LogP contribution in [0.25, 0.3) is 38.8 Å². The van der Waals surface area contributed by atoms with E-state index in [9.17, 15) is 14.9 Å². The molecule has 304 valence electrons. The number of hydrogen-bond donors (Lipinski definition) is 0. The van der Waals surface area contributed by atoms with E-state index in [1.165, 1.54) is 17.3 Å². The number of amides is 2. The number of nitriles is 1. The minimum absolute atomic E-state index is 0.0769. The molecular formula is C43H48ClFN8O4S. The first-order valence-corrected chi connectivity index (χ1v) is 21.4. The molecule has 0 radical (unpaired) electrons. The number of halogens is 2. The van der Waals surface area contributed by atoms with Crippen LogP contribution >= 0.6 is 23.4 Å². The summed E-state index contributed by atoms with van der Waals surface area (Å²) in [6.45, 7) is 13.0. The molecule has 0 unspecified atom stereocenters. The van der Waals surface area contributed by atoms with Crippen LogP contribution < -0.4 is 0 Å². The van der Waals surface area contributed by atoms with Gasteiger partial charge >= 0.3 is 12.2 Å². The van der Waals surface area contributed by atoms with Crippen molar-refractivity contribution < 1.29 is 23.5 Å². The van der Waals surface area contributed by atoms with Gasteiger partial charge in [0.2, 0.25) is 0 Å². The summed E-state index contributed by atoms with van der Waals surface area (Å²) < 4.78 is 33.2. The van der Waals surface area contributed by atoms with E-state index in [1.54, 1.807) is 22.7 Å². The number of ether oxygens (including phenoxy) is 2. The Balaban J connectivity index is 1.38. The summed E-state index contributed by atoms with van der Waals surface area (Å²) in [6.07, 6.45) is 4.88. The van der Waals surface area contributed by atoms with Crippen LogP contribution in [0.3, 0.4) is 0 Å². The van der Waals surface area contributed by atoms with Gasteiger partial charge in [0.1, 0.15) is 30.4 Å². The molecule has 6 heterocycles. The SMILES string of the molecule is Cc1cccc(-c2c(CCC#N)cc3c(nc(-n4cncn4)c4cc([C@H]5CCCN5C(=O)OCCSC(C)C)n([C@H]5[C@@H]6C[C@H]5N(C(=O)OC(C)(C)C)C6)c43)c2F)c1Cl. The minimum Gasteiger partial charge on any atom is -0.449 e. The van der Waals surface area contributed by atoms with E-state index in [2.05, 4.69) is 40.6 Å². The van der Waals surface area contributed by atoms with Crippen LogP contribution in [0.5, 0.6) is 0 Å². The fraction of sp³-hybridized carbons (Fsp3) is 0.488. The normalized spacial score (nSPS) is 20.3. The zero-order valence-corrected chi connectivity index (χ0v) is 35.2. The summed E-state index contributed by atoms with van der Waals surface area (Å²) >= 11 is 8.62. The van der Waals surface area contributed by atoms with Gasteiger partial charge in [-0.3, -0.25) is 4.90 Å². The molecule has 3 aliphatic heterocycles. The van der Waals surface area contributed by atoms with Crippen molar-refractivity contribution in [3.8, 4) is 23.0 Å². The lowest BCUT2D eigenvalue weighted by atomic mass is 9.79. The third kappa shape index (κ3) is 7.14. The van der Waals surface area contributed by atoms with Crippen molar-refractivity contribution in [2.24, 2.45) is 5.92 Å². The third-order valence-corrected chi connectivity index (χ3v) is 13.0. The summed E-state index contributed by atoms with van der Waals surface area (Å²) in [5.41, 5.74) is 3.24. The van der Waals surface area contributed by atoms with Gasteiger partial charge in [-0.05, 0) is 81.9 Å². The predicted molar refractivity (Wildman–Crippen MR) is 223 cm³/mol. The molecule has 9 rings (SSSR count). The van der Waals surface area contributed by atoms with Gasteiger partial charge in [-0.2, -0.15) is 22.1 Å². The number of nitrogens with zero attached hydrogens (tertiary/aromatic N) is 8. The van der Waals surface area contributed by atoms with Crippen molar-refractivity contribution in [3.63, 3.8) is 0 Å². The Labute approximate surface area is 346 Å². The minimum atomic E-state index is -0.674. The molecule has 4 atom stereocenters. The van der Waals surface area contributed by atoms with Gasteiger partial charge in [-0.1, -0.05) is 43.6 Å². The molecule has 1 saturated carbocycles. The number of likely N-dealkylation sites (tertiary alicyclic amines) is 1. The highest BCUT2D eigenvalue weighted by atomic mass is 35.5. The van der Waals surface area contributed by atoms with E-state index in [4.69, 9.17) is 26.1 Å². The van der Waals surface area contributed by atoms with Gasteiger partial charge in [0.05, 0.1) is 34.7 Å². The highest BCUT2D eigenvalue weighted by molar-refractivity contribution is 7.99. The first-order valence-electron chi connectivity index (χ1n) is 20.0. The van der Waals surface area contributed by atoms with Gasteiger partial charge in [-0.15, -0.1) is 0 Å². The molecule has 12 nitrogen and oxygen atoms in total. The first kappa shape index (κ1) is 39.9. The number of aromatic nitrogens is 5. The Kier molecular flexibility index (Phi) is 10.8. The molecule has 4 fully saturated rings. The molecule has 2 amide bonds. The maximum Gasteiger partial charge on any atom is 0.410 e. The average molecular weight is 827 g/mol.